The summed E-state index contributed by atoms with van der Waals surface area (Å²) in [6.07, 6.45) is 1.17. The van der Waals surface area contributed by atoms with Crippen molar-refractivity contribution < 1.29 is 27.1 Å². The summed E-state index contributed by atoms with van der Waals surface area (Å²) in [5.74, 6) is -3.67. The predicted molar refractivity (Wildman–Crippen MR) is 63.7 cm³/mol. The predicted octanol–water partition coefficient (Wildman–Crippen LogP) is 3.10. The summed E-state index contributed by atoms with van der Waals surface area (Å²) in [5, 5.41) is 2.48. The molecule has 0 saturated carbocycles. The summed E-state index contributed by atoms with van der Waals surface area (Å²) in [5.41, 5.74) is -0.145. The first-order valence-electron chi connectivity index (χ1n) is 5.55. The van der Waals surface area contributed by atoms with Crippen LogP contribution in [0.1, 0.15) is 16.1 Å². The topological polar surface area (TPSA) is 51.5 Å². The first-order valence-corrected chi connectivity index (χ1v) is 5.55. The summed E-state index contributed by atoms with van der Waals surface area (Å²) < 4.78 is 48.8. The molecule has 2 rings (SSSR count). The van der Waals surface area contributed by atoms with Crippen molar-refractivity contribution in [3.8, 4) is 0 Å². The van der Waals surface area contributed by atoms with Gasteiger partial charge in [-0.3, -0.25) is 0 Å². The first kappa shape index (κ1) is 14.0. The van der Waals surface area contributed by atoms with Crippen molar-refractivity contribution in [2.24, 2.45) is 0 Å². The molecule has 0 saturated heterocycles. The highest BCUT2D eigenvalue weighted by Gasteiger charge is 2.13. The van der Waals surface area contributed by atoms with Gasteiger partial charge in [0, 0.05) is 12.1 Å². The van der Waals surface area contributed by atoms with E-state index >= 15 is 0 Å². The second-order valence-corrected chi connectivity index (χ2v) is 3.90. The van der Waals surface area contributed by atoms with Gasteiger partial charge in [0.05, 0.1) is 24.9 Å². The van der Waals surface area contributed by atoms with Gasteiger partial charge >= 0.3 is 5.97 Å². The Morgan fingerprint density at radius 1 is 1.30 bits per heavy atom. The largest absolute Gasteiger partial charge is 0.467 e. The van der Waals surface area contributed by atoms with Crippen LogP contribution in [0.4, 0.5) is 18.9 Å². The molecule has 0 bridgehead atoms. The fraction of sp³-hybridized carbons (Fsp3) is 0.154. The first-order chi connectivity index (χ1) is 9.51. The molecule has 1 heterocycles. The number of furan rings is 1. The molecule has 0 atom stereocenters. The van der Waals surface area contributed by atoms with Gasteiger partial charge in [0.15, 0.2) is 11.6 Å². The molecule has 0 aliphatic heterocycles. The molecule has 4 nitrogen and oxygen atoms in total. The van der Waals surface area contributed by atoms with Gasteiger partial charge in [-0.25, -0.2) is 18.0 Å². The molecule has 0 fully saturated rings. The second kappa shape index (κ2) is 5.68. The van der Waals surface area contributed by atoms with E-state index in [-0.39, 0.29) is 23.6 Å². The standard InChI is InChI=1S/C13H10F3NO3/c1-19-13(18)7-2-9(20-6-7)5-17-11-4-8(14)3-10(15)12(11)16/h2-4,6,17H,5H2,1H3. The lowest BCUT2D eigenvalue weighted by molar-refractivity contribution is 0.0600. The Bertz CT molecular complexity index is 640. The number of benzene rings is 1. The van der Waals surface area contributed by atoms with Crippen molar-refractivity contribution in [1.29, 1.82) is 0 Å². The third-order valence-corrected chi connectivity index (χ3v) is 2.52. The Labute approximate surface area is 112 Å². The Hall–Kier alpha value is -2.44. The molecule has 1 N–H and O–H groups in total. The van der Waals surface area contributed by atoms with E-state index in [9.17, 15) is 18.0 Å². The maximum absolute atomic E-state index is 13.4. The van der Waals surface area contributed by atoms with Gasteiger partial charge in [0.25, 0.3) is 0 Å². The van der Waals surface area contributed by atoms with Gasteiger partial charge in [-0.05, 0) is 6.07 Å². The number of ether oxygens (including phenoxy) is 1. The minimum atomic E-state index is -1.29. The normalized spacial score (nSPS) is 10.4. The van der Waals surface area contributed by atoms with E-state index in [0.717, 1.165) is 6.07 Å². The third-order valence-electron chi connectivity index (χ3n) is 2.52. The van der Waals surface area contributed by atoms with Crippen LogP contribution in [-0.2, 0) is 11.3 Å². The molecule has 0 aliphatic carbocycles. The van der Waals surface area contributed by atoms with Gasteiger partial charge in [-0.2, -0.15) is 0 Å². The molecular formula is C13H10F3NO3. The average Bonchev–Trinajstić information content (AvgIpc) is 2.89. The van der Waals surface area contributed by atoms with Gasteiger partial charge in [-0.1, -0.05) is 0 Å². The van der Waals surface area contributed by atoms with Crippen LogP contribution in [0, 0.1) is 17.5 Å². The quantitative estimate of drug-likeness (QED) is 0.692. The van der Waals surface area contributed by atoms with Crippen LogP contribution in [0.5, 0.6) is 0 Å². The van der Waals surface area contributed by atoms with Crippen LogP contribution >= 0.6 is 0 Å². The molecule has 0 radical (unpaired) electrons. The monoisotopic (exact) mass is 285 g/mol. The number of hydrogen-bond acceptors (Lipinski definition) is 4. The van der Waals surface area contributed by atoms with Crippen LogP contribution < -0.4 is 5.32 Å². The highest BCUT2D eigenvalue weighted by Crippen LogP contribution is 2.20. The third kappa shape index (κ3) is 2.93. The van der Waals surface area contributed by atoms with Crippen molar-refractivity contribution in [2.45, 2.75) is 6.54 Å². The molecule has 7 heteroatoms. The van der Waals surface area contributed by atoms with Crippen LogP contribution in [0.25, 0.3) is 0 Å². The molecular weight excluding hydrogens is 275 g/mol. The van der Waals surface area contributed by atoms with Crippen molar-refractivity contribution in [3.05, 3.63) is 53.2 Å². The number of halogens is 3. The van der Waals surface area contributed by atoms with Crippen LogP contribution in [0.15, 0.2) is 28.9 Å². The molecule has 20 heavy (non-hydrogen) atoms. The Balaban J connectivity index is 2.09. The van der Waals surface area contributed by atoms with Crippen LogP contribution in [-0.4, -0.2) is 13.1 Å². The van der Waals surface area contributed by atoms with Gasteiger partial charge in [-0.15, -0.1) is 0 Å². The Morgan fingerprint density at radius 2 is 2.05 bits per heavy atom. The summed E-state index contributed by atoms with van der Waals surface area (Å²) in [6, 6.07) is 2.65. The number of rotatable bonds is 4. The summed E-state index contributed by atoms with van der Waals surface area (Å²) in [6.45, 7) is -0.0448. The van der Waals surface area contributed by atoms with Crippen molar-refractivity contribution in [2.75, 3.05) is 12.4 Å². The minimum absolute atomic E-state index is 0.0448. The molecule has 0 spiro atoms. The Kier molecular flexibility index (Phi) is 3.97. The van der Waals surface area contributed by atoms with E-state index < -0.39 is 23.4 Å². The highest BCUT2D eigenvalue weighted by molar-refractivity contribution is 5.88. The Morgan fingerprint density at radius 3 is 2.75 bits per heavy atom. The zero-order chi connectivity index (χ0) is 14.7. The van der Waals surface area contributed by atoms with Crippen molar-refractivity contribution >= 4 is 11.7 Å². The average molecular weight is 285 g/mol. The van der Waals surface area contributed by atoms with E-state index in [2.05, 4.69) is 10.1 Å². The number of carbonyl (C=O) groups is 1. The number of esters is 1. The zero-order valence-electron chi connectivity index (χ0n) is 10.4. The van der Waals surface area contributed by atoms with E-state index in [1.54, 1.807) is 0 Å². The number of anilines is 1. The fourth-order valence-corrected chi connectivity index (χ4v) is 1.57. The van der Waals surface area contributed by atoms with Gasteiger partial charge in [0.1, 0.15) is 17.8 Å². The second-order valence-electron chi connectivity index (χ2n) is 3.90. The van der Waals surface area contributed by atoms with E-state index in [1.165, 1.54) is 19.4 Å². The summed E-state index contributed by atoms with van der Waals surface area (Å²) in [7, 11) is 1.22. The molecule has 106 valence electrons. The molecule has 1 aromatic heterocycles. The molecule has 1 aromatic carbocycles. The highest BCUT2D eigenvalue weighted by atomic mass is 19.2. The number of carbonyl (C=O) groups excluding carboxylic acids is 1. The molecule has 0 unspecified atom stereocenters. The summed E-state index contributed by atoms with van der Waals surface area (Å²) in [4.78, 5) is 11.2. The van der Waals surface area contributed by atoms with E-state index in [4.69, 9.17) is 4.42 Å². The maximum atomic E-state index is 13.4. The van der Waals surface area contributed by atoms with Gasteiger partial charge in [0.2, 0.25) is 0 Å². The molecule has 0 amide bonds. The smallest absolute Gasteiger partial charge is 0.341 e. The lowest BCUT2D eigenvalue weighted by Gasteiger charge is -2.06. The lowest BCUT2D eigenvalue weighted by Crippen LogP contribution is -2.03. The number of hydrogen-bond donors (Lipinski definition) is 1. The van der Waals surface area contributed by atoms with Crippen LogP contribution in [0.2, 0.25) is 0 Å². The van der Waals surface area contributed by atoms with Gasteiger partial charge < -0.3 is 14.5 Å². The fourth-order valence-electron chi connectivity index (χ4n) is 1.57. The van der Waals surface area contributed by atoms with Crippen molar-refractivity contribution in [1.82, 2.24) is 0 Å². The summed E-state index contributed by atoms with van der Waals surface area (Å²) >= 11 is 0. The van der Waals surface area contributed by atoms with E-state index in [1.807, 2.05) is 0 Å². The maximum Gasteiger partial charge on any atom is 0.341 e. The van der Waals surface area contributed by atoms with Crippen LogP contribution in [0.3, 0.4) is 0 Å². The lowest BCUT2D eigenvalue weighted by atomic mass is 10.2. The number of nitrogens with one attached hydrogen (secondary N) is 1. The molecule has 2 aromatic rings. The number of methoxy groups -OCH3 is 1. The molecule has 0 aliphatic rings. The zero-order valence-corrected chi connectivity index (χ0v) is 10.4. The van der Waals surface area contributed by atoms with Crippen molar-refractivity contribution in [3.63, 3.8) is 0 Å². The SMILES string of the molecule is COC(=O)c1coc(CNc2cc(F)cc(F)c2F)c1. The van der Waals surface area contributed by atoms with E-state index in [0.29, 0.717) is 6.07 Å². The minimum Gasteiger partial charge on any atom is -0.467 e.